The standard InChI is InChI=1S/C16H7ClF3N5O2.C10H4Cl2F3N3O/c17-9-4-2-6-22-13(9)25-10(7-11(24-25)16(18,19)20)14-23-12-8(15(26)27-14)3-1-5-21-12;11-5-2-1-3-16-9(5)18-6(8(12)19)4-7(17-18)10(13,14)15/h1-7H;1-4H. The number of pyridine rings is 3. The second-order valence-corrected chi connectivity index (χ2v) is 9.88. The highest BCUT2D eigenvalue weighted by Gasteiger charge is 2.37. The normalized spacial score (nSPS) is 11.8. The summed E-state index contributed by atoms with van der Waals surface area (Å²) in [5.74, 6) is -0.574. The van der Waals surface area contributed by atoms with Crippen LogP contribution in [0.4, 0.5) is 26.3 Å². The zero-order valence-corrected chi connectivity index (χ0v) is 24.3. The Kier molecular flexibility index (Phi) is 8.83. The third-order valence-corrected chi connectivity index (χ3v) is 6.49. The molecule has 0 aliphatic carbocycles. The van der Waals surface area contributed by atoms with E-state index in [1.54, 1.807) is 0 Å². The van der Waals surface area contributed by atoms with Gasteiger partial charge in [-0.2, -0.15) is 41.5 Å². The molecule has 6 aromatic rings. The monoisotopic (exact) mass is 702 g/mol. The minimum absolute atomic E-state index is 0.0252. The van der Waals surface area contributed by atoms with Crippen LogP contribution in [0.5, 0.6) is 0 Å². The highest BCUT2D eigenvalue weighted by atomic mass is 35.5. The molecule has 0 fully saturated rings. The van der Waals surface area contributed by atoms with Crippen molar-refractivity contribution in [1.29, 1.82) is 0 Å². The molecular formula is C26H11Cl3F6N8O3. The Balaban J connectivity index is 0.000000193. The van der Waals surface area contributed by atoms with Gasteiger partial charge in [0.1, 0.15) is 16.8 Å². The minimum Gasteiger partial charge on any atom is -0.401 e. The van der Waals surface area contributed by atoms with E-state index in [0.717, 1.165) is 4.68 Å². The molecule has 0 saturated carbocycles. The Morgan fingerprint density at radius 3 is 1.85 bits per heavy atom. The van der Waals surface area contributed by atoms with Gasteiger partial charge in [0.25, 0.3) is 11.1 Å². The van der Waals surface area contributed by atoms with Crippen molar-refractivity contribution >= 4 is 51.1 Å². The van der Waals surface area contributed by atoms with E-state index in [2.05, 4.69) is 30.1 Å². The third-order valence-electron chi connectivity index (χ3n) is 5.70. The van der Waals surface area contributed by atoms with E-state index in [4.69, 9.17) is 39.2 Å². The molecule has 20 heteroatoms. The second-order valence-electron chi connectivity index (χ2n) is 8.72. The summed E-state index contributed by atoms with van der Waals surface area (Å²) < 4.78 is 83.9. The van der Waals surface area contributed by atoms with Gasteiger partial charge in [0.15, 0.2) is 28.7 Å². The molecule has 0 spiro atoms. The molecule has 236 valence electrons. The number of carbonyl (C=O) groups excluding carboxylic acids is 1. The first-order valence-corrected chi connectivity index (χ1v) is 13.3. The van der Waals surface area contributed by atoms with Crippen molar-refractivity contribution in [3.63, 3.8) is 0 Å². The molecular weight excluding hydrogens is 693 g/mol. The number of halogens is 9. The van der Waals surface area contributed by atoms with Gasteiger partial charge in [0, 0.05) is 30.7 Å². The van der Waals surface area contributed by atoms with E-state index in [9.17, 15) is 35.9 Å². The summed E-state index contributed by atoms with van der Waals surface area (Å²) in [6.07, 6.45) is -5.40. The SMILES string of the molecule is O=C(Cl)c1cc(C(F)(F)F)nn1-c1ncccc1Cl.O=c1oc(-c2cc(C(F)(F)F)nn2-c2ncccc2Cl)nc2ncccc12. The van der Waals surface area contributed by atoms with Gasteiger partial charge >= 0.3 is 18.0 Å². The van der Waals surface area contributed by atoms with Crippen molar-refractivity contribution in [2.45, 2.75) is 12.4 Å². The van der Waals surface area contributed by atoms with Crippen molar-refractivity contribution in [2.24, 2.45) is 0 Å². The van der Waals surface area contributed by atoms with Crippen LogP contribution in [0.1, 0.15) is 21.9 Å². The van der Waals surface area contributed by atoms with Crippen LogP contribution in [0.2, 0.25) is 10.0 Å². The molecule has 0 aliphatic heterocycles. The highest BCUT2D eigenvalue weighted by Crippen LogP contribution is 2.34. The van der Waals surface area contributed by atoms with Crippen LogP contribution in [0.3, 0.4) is 0 Å². The maximum Gasteiger partial charge on any atom is 0.435 e. The lowest BCUT2D eigenvalue weighted by atomic mass is 10.3. The first-order chi connectivity index (χ1) is 21.6. The van der Waals surface area contributed by atoms with Gasteiger partial charge in [-0.05, 0) is 48.0 Å². The predicted molar refractivity (Wildman–Crippen MR) is 150 cm³/mol. The molecule has 0 bridgehead atoms. The molecule has 46 heavy (non-hydrogen) atoms. The van der Waals surface area contributed by atoms with Crippen LogP contribution in [0, 0.1) is 0 Å². The van der Waals surface area contributed by atoms with Crippen LogP contribution < -0.4 is 5.63 Å². The molecule has 0 aliphatic rings. The van der Waals surface area contributed by atoms with Crippen LogP contribution in [-0.2, 0) is 12.4 Å². The zero-order chi connectivity index (χ0) is 33.4. The van der Waals surface area contributed by atoms with E-state index < -0.39 is 46.2 Å². The topological polar surface area (TPSA) is 134 Å². The molecule has 0 radical (unpaired) electrons. The molecule has 0 amide bonds. The van der Waals surface area contributed by atoms with Crippen molar-refractivity contribution in [1.82, 2.24) is 39.5 Å². The number of aromatic nitrogens is 8. The summed E-state index contributed by atoms with van der Waals surface area (Å²) in [7, 11) is 0. The predicted octanol–water partition coefficient (Wildman–Crippen LogP) is 6.82. The van der Waals surface area contributed by atoms with Gasteiger partial charge in [-0.15, -0.1) is 0 Å². The number of hydrogen-bond acceptors (Lipinski definition) is 9. The van der Waals surface area contributed by atoms with Crippen LogP contribution in [-0.4, -0.2) is 44.7 Å². The average molecular weight is 704 g/mol. The fourth-order valence-corrected chi connectivity index (χ4v) is 4.28. The van der Waals surface area contributed by atoms with Crippen molar-refractivity contribution < 1.29 is 35.6 Å². The molecule has 0 N–H and O–H groups in total. The largest absolute Gasteiger partial charge is 0.435 e. The quantitative estimate of drug-likeness (QED) is 0.143. The summed E-state index contributed by atoms with van der Waals surface area (Å²) in [6.45, 7) is 0. The number of fused-ring (bicyclic) bond motifs is 1. The smallest absolute Gasteiger partial charge is 0.401 e. The molecule has 0 unspecified atom stereocenters. The summed E-state index contributed by atoms with van der Waals surface area (Å²) >= 11 is 17.1. The van der Waals surface area contributed by atoms with Gasteiger partial charge in [0.2, 0.25) is 0 Å². The zero-order valence-electron chi connectivity index (χ0n) is 22.1. The molecule has 11 nitrogen and oxygen atoms in total. The van der Waals surface area contributed by atoms with E-state index >= 15 is 0 Å². The average Bonchev–Trinajstić information content (AvgIpc) is 3.64. The Morgan fingerprint density at radius 2 is 1.28 bits per heavy atom. The number of hydrogen-bond donors (Lipinski definition) is 0. The van der Waals surface area contributed by atoms with Crippen LogP contribution in [0.25, 0.3) is 34.3 Å². The summed E-state index contributed by atoms with van der Waals surface area (Å²) in [5, 5.41) is 5.89. The summed E-state index contributed by atoms with van der Waals surface area (Å²) in [5.41, 5.74) is -3.95. The Morgan fingerprint density at radius 1 is 0.761 bits per heavy atom. The lowest BCUT2D eigenvalue weighted by Gasteiger charge is -2.07. The van der Waals surface area contributed by atoms with Gasteiger partial charge in [-0.3, -0.25) is 4.79 Å². The van der Waals surface area contributed by atoms with Crippen molar-refractivity contribution in [2.75, 3.05) is 0 Å². The number of nitrogens with zero attached hydrogens (tertiary/aromatic N) is 8. The highest BCUT2D eigenvalue weighted by molar-refractivity contribution is 6.67. The Bertz CT molecular complexity index is 2150. The molecule has 0 saturated heterocycles. The van der Waals surface area contributed by atoms with E-state index in [1.807, 2.05) is 0 Å². The van der Waals surface area contributed by atoms with E-state index in [0.29, 0.717) is 16.8 Å². The van der Waals surface area contributed by atoms with Crippen molar-refractivity contribution in [3.8, 4) is 23.2 Å². The summed E-state index contributed by atoms with van der Waals surface area (Å²) in [6, 6.07) is 10.0. The summed E-state index contributed by atoms with van der Waals surface area (Å²) in [4.78, 5) is 39.0. The van der Waals surface area contributed by atoms with E-state index in [-0.39, 0.29) is 38.4 Å². The molecule has 0 aromatic carbocycles. The van der Waals surface area contributed by atoms with Gasteiger partial charge in [0.05, 0.1) is 10.0 Å². The van der Waals surface area contributed by atoms with Crippen molar-refractivity contribution in [3.05, 3.63) is 105 Å². The third kappa shape index (κ3) is 6.70. The lowest BCUT2D eigenvalue weighted by Crippen LogP contribution is -2.09. The van der Waals surface area contributed by atoms with Crippen LogP contribution in [0.15, 0.2) is 76.3 Å². The van der Waals surface area contributed by atoms with Gasteiger partial charge in [-0.25, -0.2) is 29.1 Å². The molecule has 6 heterocycles. The number of carbonyl (C=O) groups is 1. The fourth-order valence-electron chi connectivity index (χ4n) is 3.74. The Hall–Kier alpha value is -4.87. The Labute approximate surface area is 266 Å². The van der Waals surface area contributed by atoms with Gasteiger partial charge in [-0.1, -0.05) is 23.2 Å². The number of rotatable bonds is 4. The van der Waals surface area contributed by atoms with E-state index in [1.165, 1.54) is 55.0 Å². The maximum absolute atomic E-state index is 13.2. The van der Waals surface area contributed by atoms with Gasteiger partial charge < -0.3 is 4.42 Å². The van der Waals surface area contributed by atoms with Crippen LogP contribution >= 0.6 is 34.8 Å². The second kappa shape index (κ2) is 12.5. The molecule has 6 aromatic heterocycles. The molecule has 6 rings (SSSR count). The minimum atomic E-state index is -4.74. The first-order valence-electron chi connectivity index (χ1n) is 12.2. The lowest BCUT2D eigenvalue weighted by molar-refractivity contribution is -0.142. The fraction of sp³-hybridized carbons (Fsp3) is 0.0769. The maximum atomic E-state index is 13.2. The molecule has 0 atom stereocenters. The number of alkyl halides is 6. The first kappa shape index (κ1) is 32.5.